The fourth-order valence-corrected chi connectivity index (χ4v) is 2.53. The first-order valence-corrected chi connectivity index (χ1v) is 7.39. The largest absolute Gasteiger partial charge is 0.379 e. The van der Waals surface area contributed by atoms with Crippen LogP contribution in [0.1, 0.15) is 16.8 Å². The van der Waals surface area contributed by atoms with Gasteiger partial charge in [0, 0.05) is 24.1 Å². The van der Waals surface area contributed by atoms with Crippen LogP contribution in [0.4, 0.5) is 0 Å². The van der Waals surface area contributed by atoms with Gasteiger partial charge in [0.05, 0.1) is 18.8 Å². The summed E-state index contributed by atoms with van der Waals surface area (Å²) in [5.74, 6) is -0.0190. The first-order chi connectivity index (χ1) is 9.27. The average molecular weight is 327 g/mol. The lowest BCUT2D eigenvalue weighted by Gasteiger charge is -2.26. The summed E-state index contributed by atoms with van der Waals surface area (Å²) in [6.07, 6.45) is 0.968. The lowest BCUT2D eigenvalue weighted by Crippen LogP contribution is -2.38. The van der Waals surface area contributed by atoms with E-state index in [0.29, 0.717) is 12.1 Å². The van der Waals surface area contributed by atoms with Crippen molar-refractivity contribution in [2.24, 2.45) is 0 Å². The summed E-state index contributed by atoms with van der Waals surface area (Å²) in [5, 5.41) is 2.95. The molecule has 1 aromatic carbocycles. The summed E-state index contributed by atoms with van der Waals surface area (Å²) in [6, 6.07) is 7.47. The van der Waals surface area contributed by atoms with Gasteiger partial charge in [-0.25, -0.2) is 0 Å². The van der Waals surface area contributed by atoms with Crippen LogP contribution in [0.15, 0.2) is 28.7 Å². The lowest BCUT2D eigenvalue weighted by atomic mass is 10.2. The van der Waals surface area contributed by atoms with Crippen LogP contribution < -0.4 is 5.32 Å². The number of benzene rings is 1. The number of nitrogens with one attached hydrogen (secondary N) is 1. The van der Waals surface area contributed by atoms with Gasteiger partial charge in [0.25, 0.3) is 5.91 Å². The van der Waals surface area contributed by atoms with Crippen LogP contribution in [-0.4, -0.2) is 50.2 Å². The van der Waals surface area contributed by atoms with Gasteiger partial charge in [0.15, 0.2) is 0 Å². The molecule has 0 aromatic heterocycles. The molecular formula is C14H19BrN2O2. The minimum atomic E-state index is -0.0190. The van der Waals surface area contributed by atoms with Gasteiger partial charge in [0.1, 0.15) is 0 Å². The number of carbonyl (C=O) groups is 1. The first-order valence-electron chi connectivity index (χ1n) is 6.60. The van der Waals surface area contributed by atoms with Crippen molar-refractivity contribution in [3.8, 4) is 0 Å². The molecule has 1 aliphatic heterocycles. The quantitative estimate of drug-likeness (QED) is 0.840. The van der Waals surface area contributed by atoms with Crippen LogP contribution in [0.3, 0.4) is 0 Å². The van der Waals surface area contributed by atoms with Gasteiger partial charge in [-0.2, -0.15) is 0 Å². The van der Waals surface area contributed by atoms with Gasteiger partial charge in [-0.05, 0) is 41.0 Å². The molecule has 1 heterocycles. The van der Waals surface area contributed by atoms with Crippen molar-refractivity contribution in [1.82, 2.24) is 10.2 Å². The highest BCUT2D eigenvalue weighted by Gasteiger charge is 2.11. The number of rotatable bonds is 5. The molecular weight excluding hydrogens is 308 g/mol. The van der Waals surface area contributed by atoms with Gasteiger partial charge in [-0.15, -0.1) is 0 Å². The fraction of sp³-hybridized carbons (Fsp3) is 0.500. The molecule has 0 atom stereocenters. The molecule has 0 spiro atoms. The highest BCUT2D eigenvalue weighted by molar-refractivity contribution is 9.10. The van der Waals surface area contributed by atoms with Crippen LogP contribution in [0.25, 0.3) is 0 Å². The summed E-state index contributed by atoms with van der Waals surface area (Å²) < 4.78 is 6.13. The second-order valence-electron chi connectivity index (χ2n) is 4.54. The second kappa shape index (κ2) is 7.62. The predicted molar refractivity (Wildman–Crippen MR) is 78.4 cm³/mol. The van der Waals surface area contributed by atoms with E-state index < -0.39 is 0 Å². The Balaban J connectivity index is 1.68. The Labute approximate surface area is 122 Å². The van der Waals surface area contributed by atoms with E-state index in [0.717, 1.165) is 43.7 Å². The van der Waals surface area contributed by atoms with Gasteiger partial charge in [0.2, 0.25) is 0 Å². The summed E-state index contributed by atoms with van der Waals surface area (Å²) in [4.78, 5) is 14.3. The molecule has 1 aliphatic rings. The SMILES string of the molecule is O=C(NCCCN1CCOCC1)c1ccccc1Br. The third kappa shape index (κ3) is 4.60. The van der Waals surface area contributed by atoms with Crippen molar-refractivity contribution in [1.29, 1.82) is 0 Å². The number of ether oxygens (including phenoxy) is 1. The molecule has 4 nitrogen and oxygen atoms in total. The number of halogens is 1. The minimum absolute atomic E-state index is 0.0190. The smallest absolute Gasteiger partial charge is 0.252 e. The molecule has 0 aliphatic carbocycles. The maximum absolute atomic E-state index is 11.9. The number of hydrogen-bond donors (Lipinski definition) is 1. The number of morpholine rings is 1. The summed E-state index contributed by atoms with van der Waals surface area (Å²) >= 11 is 3.39. The molecule has 0 radical (unpaired) electrons. The van der Waals surface area contributed by atoms with Gasteiger partial charge in [-0.1, -0.05) is 12.1 Å². The maximum Gasteiger partial charge on any atom is 0.252 e. The van der Waals surface area contributed by atoms with Crippen molar-refractivity contribution in [3.05, 3.63) is 34.3 Å². The van der Waals surface area contributed by atoms with Gasteiger partial charge < -0.3 is 10.1 Å². The predicted octanol–water partition coefficient (Wildman–Crippen LogP) is 1.90. The monoisotopic (exact) mass is 326 g/mol. The van der Waals surface area contributed by atoms with Crippen LogP contribution in [-0.2, 0) is 4.74 Å². The second-order valence-corrected chi connectivity index (χ2v) is 5.40. The van der Waals surface area contributed by atoms with Crippen LogP contribution >= 0.6 is 15.9 Å². The van der Waals surface area contributed by atoms with Crippen molar-refractivity contribution in [3.63, 3.8) is 0 Å². The molecule has 1 amide bonds. The highest BCUT2D eigenvalue weighted by atomic mass is 79.9. The average Bonchev–Trinajstić information content (AvgIpc) is 2.45. The molecule has 1 N–H and O–H groups in total. The third-order valence-corrected chi connectivity index (χ3v) is 3.85. The lowest BCUT2D eigenvalue weighted by molar-refractivity contribution is 0.0374. The zero-order valence-electron chi connectivity index (χ0n) is 10.9. The molecule has 1 saturated heterocycles. The summed E-state index contributed by atoms with van der Waals surface area (Å²) in [7, 11) is 0. The molecule has 104 valence electrons. The Morgan fingerprint density at radius 2 is 2.05 bits per heavy atom. The number of nitrogens with zero attached hydrogens (tertiary/aromatic N) is 1. The van der Waals surface area contributed by atoms with Crippen LogP contribution in [0, 0.1) is 0 Å². The van der Waals surface area contributed by atoms with E-state index in [9.17, 15) is 4.79 Å². The molecule has 0 saturated carbocycles. The highest BCUT2D eigenvalue weighted by Crippen LogP contribution is 2.15. The zero-order chi connectivity index (χ0) is 13.5. The molecule has 1 fully saturated rings. The molecule has 2 rings (SSSR count). The number of hydrogen-bond acceptors (Lipinski definition) is 3. The fourth-order valence-electron chi connectivity index (χ4n) is 2.07. The van der Waals surface area contributed by atoms with E-state index >= 15 is 0 Å². The zero-order valence-corrected chi connectivity index (χ0v) is 12.5. The third-order valence-electron chi connectivity index (χ3n) is 3.16. The summed E-state index contributed by atoms with van der Waals surface area (Å²) in [6.45, 7) is 5.36. The van der Waals surface area contributed by atoms with Crippen molar-refractivity contribution in [2.75, 3.05) is 39.4 Å². The van der Waals surface area contributed by atoms with Gasteiger partial charge >= 0.3 is 0 Å². The molecule has 1 aromatic rings. The maximum atomic E-state index is 11.9. The molecule has 0 unspecified atom stereocenters. The first kappa shape index (κ1) is 14.5. The Kier molecular flexibility index (Phi) is 5.82. The van der Waals surface area contributed by atoms with E-state index in [1.165, 1.54) is 0 Å². The van der Waals surface area contributed by atoms with Crippen molar-refractivity contribution in [2.45, 2.75) is 6.42 Å². The van der Waals surface area contributed by atoms with Crippen LogP contribution in [0.2, 0.25) is 0 Å². The number of amides is 1. The Hall–Kier alpha value is -0.910. The minimum Gasteiger partial charge on any atom is -0.379 e. The van der Waals surface area contributed by atoms with Gasteiger partial charge in [-0.3, -0.25) is 9.69 Å². The Bertz CT molecular complexity index is 420. The van der Waals surface area contributed by atoms with Crippen molar-refractivity contribution >= 4 is 21.8 Å². The Morgan fingerprint density at radius 1 is 1.32 bits per heavy atom. The number of carbonyl (C=O) groups excluding carboxylic acids is 1. The standard InChI is InChI=1S/C14H19BrN2O2/c15-13-5-2-1-4-12(13)14(18)16-6-3-7-17-8-10-19-11-9-17/h1-2,4-5H,3,6-11H2,(H,16,18). The molecule has 0 bridgehead atoms. The topological polar surface area (TPSA) is 41.6 Å². The van der Waals surface area contributed by atoms with Crippen molar-refractivity contribution < 1.29 is 9.53 Å². The van der Waals surface area contributed by atoms with E-state index in [4.69, 9.17) is 4.74 Å². The van der Waals surface area contributed by atoms with E-state index in [1.807, 2.05) is 24.3 Å². The van der Waals surface area contributed by atoms with Crippen LogP contribution in [0.5, 0.6) is 0 Å². The normalized spacial score (nSPS) is 16.3. The molecule has 19 heavy (non-hydrogen) atoms. The van der Waals surface area contributed by atoms with E-state index in [2.05, 4.69) is 26.1 Å². The van der Waals surface area contributed by atoms with E-state index in [-0.39, 0.29) is 5.91 Å². The summed E-state index contributed by atoms with van der Waals surface area (Å²) in [5.41, 5.74) is 0.689. The van der Waals surface area contributed by atoms with E-state index in [1.54, 1.807) is 0 Å². The molecule has 5 heteroatoms. The Morgan fingerprint density at radius 3 is 2.79 bits per heavy atom.